The zero-order valence-corrected chi connectivity index (χ0v) is 15.9. The van der Waals surface area contributed by atoms with Crippen LogP contribution in [0.4, 0.5) is 5.69 Å². The molecule has 7 heteroatoms. The molecule has 0 aromatic heterocycles. The van der Waals surface area contributed by atoms with E-state index in [1.165, 1.54) is 0 Å². The molecule has 0 saturated carbocycles. The van der Waals surface area contributed by atoms with Gasteiger partial charge in [0.25, 0.3) is 5.91 Å². The molecule has 1 aliphatic rings. The Bertz CT molecular complexity index is 699. The van der Waals surface area contributed by atoms with E-state index in [1.54, 1.807) is 34.1 Å². The number of carbonyl (C=O) groups is 3. The average Bonchev–Trinajstić information content (AvgIpc) is 3.08. The fourth-order valence-corrected chi connectivity index (χ4v) is 2.76. The first-order valence-corrected chi connectivity index (χ1v) is 9.01. The van der Waals surface area contributed by atoms with Crippen LogP contribution in [-0.2, 0) is 19.1 Å². The van der Waals surface area contributed by atoms with Crippen molar-refractivity contribution in [2.45, 2.75) is 26.7 Å². The van der Waals surface area contributed by atoms with Crippen molar-refractivity contribution in [2.24, 2.45) is 0 Å². The molecule has 1 aliphatic heterocycles. The summed E-state index contributed by atoms with van der Waals surface area (Å²) >= 11 is 0. The fraction of sp³-hybridized carbons (Fsp3) is 0.450. The lowest BCUT2D eigenvalue weighted by molar-refractivity contribution is -0.153. The van der Waals surface area contributed by atoms with E-state index in [4.69, 9.17) is 9.47 Å². The Labute approximate surface area is 159 Å². The van der Waals surface area contributed by atoms with Crippen molar-refractivity contribution in [3.8, 4) is 5.75 Å². The topological polar surface area (TPSA) is 76.2 Å². The predicted octanol–water partition coefficient (Wildman–Crippen LogP) is 2.16. The number of benzene rings is 1. The normalized spacial score (nSPS) is 13.4. The van der Waals surface area contributed by atoms with Gasteiger partial charge >= 0.3 is 5.97 Å². The predicted molar refractivity (Wildman–Crippen MR) is 102 cm³/mol. The van der Waals surface area contributed by atoms with Crippen LogP contribution in [-0.4, -0.2) is 55.5 Å². The van der Waals surface area contributed by atoms with E-state index in [-0.39, 0.29) is 25.0 Å². The Morgan fingerprint density at radius 1 is 1.22 bits per heavy atom. The molecule has 146 valence electrons. The van der Waals surface area contributed by atoms with E-state index < -0.39 is 5.97 Å². The Morgan fingerprint density at radius 3 is 2.48 bits per heavy atom. The minimum Gasteiger partial charge on any atom is -0.482 e. The minimum atomic E-state index is -0.617. The summed E-state index contributed by atoms with van der Waals surface area (Å²) < 4.78 is 10.4. The molecule has 1 aromatic carbocycles. The zero-order valence-electron chi connectivity index (χ0n) is 15.9. The molecule has 0 spiro atoms. The molecule has 0 N–H and O–H groups in total. The summed E-state index contributed by atoms with van der Waals surface area (Å²) in [5, 5.41) is 0. The quantitative estimate of drug-likeness (QED) is 0.489. The van der Waals surface area contributed by atoms with Gasteiger partial charge in [0.15, 0.2) is 13.2 Å². The smallest absolute Gasteiger partial charge is 0.344 e. The van der Waals surface area contributed by atoms with E-state index in [2.05, 4.69) is 6.58 Å². The molecule has 27 heavy (non-hydrogen) atoms. The summed E-state index contributed by atoms with van der Waals surface area (Å²) in [4.78, 5) is 38.8. The van der Waals surface area contributed by atoms with Crippen LogP contribution in [0.2, 0.25) is 0 Å². The van der Waals surface area contributed by atoms with Crippen LogP contribution >= 0.6 is 0 Å². The highest BCUT2D eigenvalue weighted by atomic mass is 16.6. The average molecular weight is 374 g/mol. The zero-order chi connectivity index (χ0) is 19.8. The second-order valence-electron chi connectivity index (χ2n) is 6.46. The van der Waals surface area contributed by atoms with Gasteiger partial charge in [-0.05, 0) is 44.5 Å². The first-order valence-electron chi connectivity index (χ1n) is 9.01. The highest BCUT2D eigenvalue weighted by Gasteiger charge is 2.21. The molecular weight excluding hydrogens is 348 g/mol. The SMILES string of the molecule is C=C(C)CN(CC)C(=O)COC(=O)COc1ccc(N2CCCC2=O)cc1. The molecule has 0 unspecified atom stereocenters. The maximum absolute atomic E-state index is 12.0. The van der Waals surface area contributed by atoms with E-state index in [9.17, 15) is 14.4 Å². The molecule has 0 bridgehead atoms. The van der Waals surface area contributed by atoms with Gasteiger partial charge in [-0.15, -0.1) is 0 Å². The Morgan fingerprint density at radius 2 is 1.93 bits per heavy atom. The van der Waals surface area contributed by atoms with Crippen molar-refractivity contribution in [1.29, 1.82) is 0 Å². The second kappa shape index (κ2) is 9.75. The highest BCUT2D eigenvalue weighted by molar-refractivity contribution is 5.95. The first kappa shape index (κ1) is 20.5. The van der Waals surface area contributed by atoms with Crippen molar-refractivity contribution in [1.82, 2.24) is 4.90 Å². The van der Waals surface area contributed by atoms with Crippen LogP contribution in [0.25, 0.3) is 0 Å². The third kappa shape index (κ3) is 6.13. The van der Waals surface area contributed by atoms with Crippen LogP contribution in [0.3, 0.4) is 0 Å². The van der Waals surface area contributed by atoms with Crippen molar-refractivity contribution >= 4 is 23.5 Å². The number of amides is 2. The van der Waals surface area contributed by atoms with Gasteiger partial charge in [0.1, 0.15) is 5.75 Å². The highest BCUT2D eigenvalue weighted by Crippen LogP contribution is 2.23. The fourth-order valence-electron chi connectivity index (χ4n) is 2.76. The van der Waals surface area contributed by atoms with Crippen LogP contribution in [0.5, 0.6) is 5.75 Å². The van der Waals surface area contributed by atoms with Crippen LogP contribution < -0.4 is 9.64 Å². The summed E-state index contributed by atoms with van der Waals surface area (Å²) in [6.07, 6.45) is 1.44. The summed E-state index contributed by atoms with van der Waals surface area (Å²) in [5.74, 6) is -0.280. The molecule has 0 atom stereocenters. The van der Waals surface area contributed by atoms with Gasteiger partial charge in [-0.3, -0.25) is 9.59 Å². The van der Waals surface area contributed by atoms with Gasteiger partial charge in [-0.25, -0.2) is 4.79 Å². The van der Waals surface area contributed by atoms with Gasteiger partial charge in [-0.1, -0.05) is 12.2 Å². The molecule has 7 nitrogen and oxygen atoms in total. The Kier molecular flexibility index (Phi) is 7.40. The second-order valence-corrected chi connectivity index (χ2v) is 6.46. The van der Waals surface area contributed by atoms with E-state index in [0.29, 0.717) is 25.3 Å². The minimum absolute atomic E-state index is 0.115. The third-order valence-electron chi connectivity index (χ3n) is 4.13. The maximum Gasteiger partial charge on any atom is 0.344 e. The number of likely N-dealkylation sites (N-methyl/N-ethyl adjacent to an activating group) is 1. The van der Waals surface area contributed by atoms with Crippen molar-refractivity contribution in [3.05, 3.63) is 36.4 Å². The standard InChI is InChI=1S/C20H26N2O5/c1-4-21(12-15(2)3)19(24)13-27-20(25)14-26-17-9-7-16(8-10-17)22-11-5-6-18(22)23/h7-10H,2,4-6,11-14H2,1,3H3. The maximum atomic E-state index is 12.0. The Hall–Kier alpha value is -2.83. The number of hydrogen-bond acceptors (Lipinski definition) is 5. The summed E-state index contributed by atoms with van der Waals surface area (Å²) in [6, 6.07) is 6.96. The summed E-state index contributed by atoms with van der Waals surface area (Å²) in [5.41, 5.74) is 1.68. The number of carbonyl (C=O) groups excluding carboxylic acids is 3. The molecule has 0 radical (unpaired) electrons. The van der Waals surface area contributed by atoms with Crippen molar-refractivity contribution in [2.75, 3.05) is 37.7 Å². The molecule has 1 aromatic rings. The van der Waals surface area contributed by atoms with Crippen LogP contribution in [0.15, 0.2) is 36.4 Å². The van der Waals surface area contributed by atoms with Gasteiger partial charge in [0, 0.05) is 31.7 Å². The van der Waals surface area contributed by atoms with Gasteiger partial charge < -0.3 is 19.3 Å². The third-order valence-corrected chi connectivity index (χ3v) is 4.13. The molecule has 0 aliphatic carbocycles. The number of anilines is 1. The molecular formula is C20H26N2O5. The molecule has 1 saturated heterocycles. The van der Waals surface area contributed by atoms with Gasteiger partial charge in [-0.2, -0.15) is 0 Å². The Balaban J connectivity index is 1.76. The molecule has 2 amide bonds. The van der Waals surface area contributed by atoms with Gasteiger partial charge in [0.05, 0.1) is 0 Å². The number of rotatable bonds is 9. The monoisotopic (exact) mass is 374 g/mol. The largest absolute Gasteiger partial charge is 0.482 e. The summed E-state index contributed by atoms with van der Waals surface area (Å²) in [7, 11) is 0. The van der Waals surface area contributed by atoms with Crippen LogP contribution in [0, 0.1) is 0 Å². The van der Waals surface area contributed by atoms with E-state index in [1.807, 2.05) is 13.8 Å². The van der Waals surface area contributed by atoms with E-state index >= 15 is 0 Å². The number of ether oxygens (including phenoxy) is 2. The first-order chi connectivity index (χ1) is 12.9. The lowest BCUT2D eigenvalue weighted by Crippen LogP contribution is -2.36. The summed E-state index contributed by atoms with van der Waals surface area (Å²) in [6.45, 7) is 8.53. The van der Waals surface area contributed by atoms with Gasteiger partial charge in [0.2, 0.25) is 5.91 Å². The van der Waals surface area contributed by atoms with Crippen molar-refractivity contribution < 1.29 is 23.9 Å². The molecule has 1 fully saturated rings. The lowest BCUT2D eigenvalue weighted by atomic mass is 10.3. The number of nitrogens with zero attached hydrogens (tertiary/aromatic N) is 2. The lowest BCUT2D eigenvalue weighted by Gasteiger charge is -2.20. The number of hydrogen-bond donors (Lipinski definition) is 0. The van der Waals surface area contributed by atoms with Crippen LogP contribution in [0.1, 0.15) is 26.7 Å². The molecule has 1 heterocycles. The molecule has 2 rings (SSSR count). The van der Waals surface area contributed by atoms with Crippen molar-refractivity contribution in [3.63, 3.8) is 0 Å². The van der Waals surface area contributed by atoms with E-state index in [0.717, 1.165) is 24.2 Å². The number of esters is 1.